The lowest BCUT2D eigenvalue weighted by molar-refractivity contribution is 0.535. The molecular weight excluding hydrogens is 252 g/mol. The number of nitrogens with zero attached hydrogens (tertiary/aromatic N) is 1. The minimum atomic E-state index is -3.56. The third-order valence-corrected chi connectivity index (χ3v) is 5.00. The van der Waals surface area contributed by atoms with E-state index in [4.69, 9.17) is 5.73 Å². The Labute approximate surface area is 107 Å². The number of hydrogen-bond acceptors (Lipinski definition) is 4. The fourth-order valence-corrected chi connectivity index (χ4v) is 3.97. The molecule has 0 bridgehead atoms. The lowest BCUT2D eigenvalue weighted by atomic mass is 10.1. The molecule has 1 aromatic rings. The summed E-state index contributed by atoms with van der Waals surface area (Å²) in [6.07, 6.45) is 2.85. The SMILES string of the molecule is Cc1[nH]nc(S(=O)(=O)NC2CCC(C)C2)c1CN. The van der Waals surface area contributed by atoms with Gasteiger partial charge in [0.25, 0.3) is 10.0 Å². The highest BCUT2D eigenvalue weighted by atomic mass is 32.2. The molecule has 2 unspecified atom stereocenters. The van der Waals surface area contributed by atoms with Gasteiger partial charge in [-0.3, -0.25) is 5.10 Å². The molecule has 2 atom stereocenters. The molecule has 0 aliphatic heterocycles. The van der Waals surface area contributed by atoms with E-state index in [1.165, 1.54) is 0 Å². The van der Waals surface area contributed by atoms with Gasteiger partial charge in [-0.05, 0) is 32.1 Å². The molecule has 0 saturated heterocycles. The average molecular weight is 272 g/mol. The number of aryl methyl sites for hydroxylation is 1. The molecule has 7 heteroatoms. The van der Waals surface area contributed by atoms with Crippen molar-refractivity contribution in [2.24, 2.45) is 11.7 Å². The first kappa shape index (κ1) is 13.5. The molecule has 0 amide bonds. The zero-order valence-corrected chi connectivity index (χ0v) is 11.5. The van der Waals surface area contributed by atoms with Gasteiger partial charge in [0.2, 0.25) is 0 Å². The number of nitrogens with one attached hydrogen (secondary N) is 2. The van der Waals surface area contributed by atoms with Gasteiger partial charge in [-0.1, -0.05) is 6.92 Å². The normalized spacial score (nSPS) is 24.6. The van der Waals surface area contributed by atoms with Crippen LogP contribution in [0.4, 0.5) is 0 Å². The van der Waals surface area contributed by atoms with Crippen molar-refractivity contribution >= 4 is 10.0 Å². The van der Waals surface area contributed by atoms with Crippen LogP contribution in [0.15, 0.2) is 5.03 Å². The van der Waals surface area contributed by atoms with Crippen LogP contribution in [0.5, 0.6) is 0 Å². The van der Waals surface area contributed by atoms with Gasteiger partial charge < -0.3 is 5.73 Å². The predicted molar refractivity (Wildman–Crippen MR) is 68.3 cm³/mol. The van der Waals surface area contributed by atoms with E-state index in [1.807, 2.05) is 0 Å². The fourth-order valence-electron chi connectivity index (χ4n) is 2.48. The molecule has 1 saturated carbocycles. The van der Waals surface area contributed by atoms with Crippen LogP contribution in [0, 0.1) is 12.8 Å². The Balaban J connectivity index is 2.20. The van der Waals surface area contributed by atoms with Crippen molar-refractivity contribution in [3.63, 3.8) is 0 Å². The second-order valence-electron chi connectivity index (χ2n) is 5.07. The maximum atomic E-state index is 12.2. The Morgan fingerprint density at radius 1 is 1.50 bits per heavy atom. The summed E-state index contributed by atoms with van der Waals surface area (Å²) in [4.78, 5) is 0. The molecule has 1 fully saturated rings. The van der Waals surface area contributed by atoms with Gasteiger partial charge in [0.15, 0.2) is 5.03 Å². The lowest BCUT2D eigenvalue weighted by Gasteiger charge is -2.12. The number of aromatic amines is 1. The zero-order valence-electron chi connectivity index (χ0n) is 10.7. The number of aromatic nitrogens is 2. The molecule has 0 spiro atoms. The van der Waals surface area contributed by atoms with E-state index in [0.717, 1.165) is 19.3 Å². The molecule has 1 heterocycles. The van der Waals surface area contributed by atoms with Crippen LogP contribution in [-0.4, -0.2) is 24.7 Å². The molecular formula is C11H20N4O2S. The Morgan fingerprint density at radius 3 is 2.78 bits per heavy atom. The van der Waals surface area contributed by atoms with E-state index >= 15 is 0 Å². The first-order valence-corrected chi connectivity index (χ1v) is 7.68. The Kier molecular flexibility index (Phi) is 3.74. The summed E-state index contributed by atoms with van der Waals surface area (Å²) in [5.74, 6) is 0.576. The number of H-pyrrole nitrogens is 1. The van der Waals surface area contributed by atoms with Crippen LogP contribution < -0.4 is 10.5 Å². The van der Waals surface area contributed by atoms with E-state index in [0.29, 0.717) is 17.2 Å². The van der Waals surface area contributed by atoms with Gasteiger partial charge in [-0.15, -0.1) is 0 Å². The van der Waals surface area contributed by atoms with E-state index in [2.05, 4.69) is 21.8 Å². The van der Waals surface area contributed by atoms with Gasteiger partial charge in [-0.2, -0.15) is 5.10 Å². The maximum Gasteiger partial charge on any atom is 0.260 e. The van der Waals surface area contributed by atoms with E-state index in [1.54, 1.807) is 6.92 Å². The van der Waals surface area contributed by atoms with Crippen molar-refractivity contribution in [2.45, 2.75) is 50.7 Å². The molecule has 1 aromatic heterocycles. The van der Waals surface area contributed by atoms with Crippen molar-refractivity contribution in [3.8, 4) is 0 Å². The minimum Gasteiger partial charge on any atom is -0.326 e. The van der Waals surface area contributed by atoms with Crippen LogP contribution in [0.2, 0.25) is 0 Å². The molecule has 2 rings (SSSR count). The van der Waals surface area contributed by atoms with Gasteiger partial charge in [0.1, 0.15) is 0 Å². The summed E-state index contributed by atoms with van der Waals surface area (Å²) in [5, 5.41) is 6.59. The highest BCUT2D eigenvalue weighted by Crippen LogP contribution is 2.26. The summed E-state index contributed by atoms with van der Waals surface area (Å²) >= 11 is 0. The topological polar surface area (TPSA) is 101 Å². The fraction of sp³-hybridized carbons (Fsp3) is 0.727. The minimum absolute atomic E-state index is 0.0210. The standard InChI is InChI=1S/C11H20N4O2S/c1-7-3-4-9(5-7)15-18(16,17)11-10(6-12)8(2)13-14-11/h7,9,15H,3-6,12H2,1-2H3,(H,13,14). The Hall–Kier alpha value is -0.920. The summed E-state index contributed by atoms with van der Waals surface area (Å²) in [6.45, 7) is 4.07. The van der Waals surface area contributed by atoms with Crippen LogP contribution in [0.25, 0.3) is 0 Å². The highest BCUT2D eigenvalue weighted by molar-refractivity contribution is 7.89. The van der Waals surface area contributed by atoms with E-state index < -0.39 is 10.0 Å². The van der Waals surface area contributed by atoms with Crippen LogP contribution >= 0.6 is 0 Å². The third-order valence-electron chi connectivity index (χ3n) is 3.51. The molecule has 102 valence electrons. The van der Waals surface area contributed by atoms with Crippen molar-refractivity contribution in [2.75, 3.05) is 0 Å². The summed E-state index contributed by atoms with van der Waals surface area (Å²) in [7, 11) is -3.56. The first-order chi connectivity index (χ1) is 8.44. The number of nitrogens with two attached hydrogens (primary N) is 1. The first-order valence-electron chi connectivity index (χ1n) is 6.20. The van der Waals surface area contributed by atoms with Gasteiger partial charge in [-0.25, -0.2) is 13.1 Å². The van der Waals surface area contributed by atoms with E-state index in [9.17, 15) is 8.42 Å². The van der Waals surface area contributed by atoms with Gasteiger partial charge in [0.05, 0.1) is 0 Å². The number of sulfonamides is 1. The quantitative estimate of drug-likeness (QED) is 0.748. The molecule has 18 heavy (non-hydrogen) atoms. The zero-order chi connectivity index (χ0) is 13.3. The second-order valence-corrected chi connectivity index (χ2v) is 6.70. The van der Waals surface area contributed by atoms with Crippen molar-refractivity contribution in [1.29, 1.82) is 0 Å². The predicted octanol–water partition coefficient (Wildman–Crippen LogP) is 0.644. The maximum absolute atomic E-state index is 12.2. The molecule has 4 N–H and O–H groups in total. The average Bonchev–Trinajstić information content (AvgIpc) is 2.84. The summed E-state index contributed by atoms with van der Waals surface area (Å²) in [5.41, 5.74) is 6.84. The largest absolute Gasteiger partial charge is 0.326 e. The smallest absolute Gasteiger partial charge is 0.260 e. The van der Waals surface area contributed by atoms with Crippen LogP contribution in [0.1, 0.15) is 37.4 Å². The second kappa shape index (κ2) is 4.99. The highest BCUT2D eigenvalue weighted by Gasteiger charge is 2.29. The molecule has 0 radical (unpaired) electrons. The number of rotatable bonds is 4. The lowest BCUT2D eigenvalue weighted by Crippen LogP contribution is -2.33. The monoisotopic (exact) mass is 272 g/mol. The van der Waals surface area contributed by atoms with Crippen molar-refractivity contribution < 1.29 is 8.42 Å². The Bertz CT molecular complexity index is 523. The summed E-state index contributed by atoms with van der Waals surface area (Å²) < 4.78 is 27.2. The van der Waals surface area contributed by atoms with Gasteiger partial charge in [0, 0.05) is 23.8 Å². The Morgan fingerprint density at radius 2 is 2.22 bits per heavy atom. The summed E-state index contributed by atoms with van der Waals surface area (Å²) in [6, 6.07) is 0.0210. The molecule has 1 aliphatic rings. The van der Waals surface area contributed by atoms with E-state index in [-0.39, 0.29) is 17.6 Å². The van der Waals surface area contributed by atoms with Crippen LogP contribution in [-0.2, 0) is 16.6 Å². The third kappa shape index (κ3) is 2.57. The van der Waals surface area contributed by atoms with Crippen molar-refractivity contribution in [3.05, 3.63) is 11.3 Å². The molecule has 6 nitrogen and oxygen atoms in total. The van der Waals surface area contributed by atoms with Crippen molar-refractivity contribution in [1.82, 2.24) is 14.9 Å². The number of hydrogen-bond donors (Lipinski definition) is 3. The molecule has 1 aliphatic carbocycles. The van der Waals surface area contributed by atoms with Gasteiger partial charge >= 0.3 is 0 Å². The molecule has 0 aromatic carbocycles. The van der Waals surface area contributed by atoms with Crippen LogP contribution in [0.3, 0.4) is 0 Å².